The van der Waals surface area contributed by atoms with E-state index in [0.717, 1.165) is 0 Å². The van der Waals surface area contributed by atoms with Crippen molar-refractivity contribution in [1.29, 1.82) is 0 Å². The van der Waals surface area contributed by atoms with Gasteiger partial charge >= 0.3 is 0 Å². The molecular weight excluding hydrogens is 254 g/mol. The summed E-state index contributed by atoms with van der Waals surface area (Å²) < 4.78 is 30.5. The minimum absolute atomic E-state index is 0.147. The van der Waals surface area contributed by atoms with Crippen molar-refractivity contribution in [3.05, 3.63) is 0 Å². The molecule has 0 aromatic rings. The molecule has 1 heterocycles. The molecule has 1 saturated heterocycles. The molecule has 0 aromatic carbocycles. The molecular formula is C12H25NO4S. The van der Waals surface area contributed by atoms with Crippen LogP contribution in [0.5, 0.6) is 0 Å². The monoisotopic (exact) mass is 279 g/mol. The maximum atomic E-state index is 12.0. The number of rotatable bonds is 6. The molecule has 0 bridgehead atoms. The van der Waals surface area contributed by atoms with E-state index in [-0.39, 0.29) is 12.3 Å². The Balaban J connectivity index is 2.55. The predicted molar refractivity (Wildman–Crippen MR) is 70.9 cm³/mol. The first-order valence-electron chi connectivity index (χ1n) is 6.49. The van der Waals surface area contributed by atoms with Crippen molar-refractivity contribution >= 4 is 10.0 Å². The van der Waals surface area contributed by atoms with Gasteiger partial charge in [0.25, 0.3) is 0 Å². The average molecular weight is 279 g/mol. The van der Waals surface area contributed by atoms with Gasteiger partial charge in [0.2, 0.25) is 10.0 Å². The summed E-state index contributed by atoms with van der Waals surface area (Å²) in [7, 11) is -1.72. The molecule has 0 spiro atoms. The van der Waals surface area contributed by atoms with Crippen LogP contribution < -0.4 is 0 Å². The second-order valence-corrected chi connectivity index (χ2v) is 7.79. The van der Waals surface area contributed by atoms with Crippen LogP contribution in [-0.2, 0) is 14.8 Å². The fraction of sp³-hybridized carbons (Fsp3) is 1.00. The Morgan fingerprint density at radius 2 is 1.89 bits per heavy atom. The molecule has 1 rings (SSSR count). The topological polar surface area (TPSA) is 66.8 Å². The first-order chi connectivity index (χ1) is 8.25. The van der Waals surface area contributed by atoms with Gasteiger partial charge in [0.15, 0.2) is 0 Å². The third-order valence-corrected chi connectivity index (χ3v) is 5.20. The van der Waals surface area contributed by atoms with Gasteiger partial charge in [0, 0.05) is 39.6 Å². The number of hydrogen-bond acceptors (Lipinski definition) is 4. The lowest BCUT2D eigenvalue weighted by Crippen LogP contribution is -2.47. The number of ether oxygens (including phenoxy) is 1. The van der Waals surface area contributed by atoms with Crippen molar-refractivity contribution in [3.63, 3.8) is 0 Å². The third kappa shape index (κ3) is 4.84. The highest BCUT2D eigenvalue weighted by Crippen LogP contribution is 2.22. The second kappa shape index (κ2) is 6.32. The van der Waals surface area contributed by atoms with Gasteiger partial charge < -0.3 is 9.84 Å². The molecule has 0 amide bonds. The van der Waals surface area contributed by atoms with Gasteiger partial charge in [-0.15, -0.1) is 0 Å². The Bertz CT molecular complexity index is 347. The highest BCUT2D eigenvalue weighted by molar-refractivity contribution is 7.89. The van der Waals surface area contributed by atoms with Crippen molar-refractivity contribution < 1.29 is 18.3 Å². The number of aliphatic hydroxyl groups is 1. The Morgan fingerprint density at radius 1 is 1.33 bits per heavy atom. The molecule has 1 fully saturated rings. The van der Waals surface area contributed by atoms with Crippen molar-refractivity contribution in [2.75, 3.05) is 32.6 Å². The first-order valence-corrected chi connectivity index (χ1v) is 8.10. The van der Waals surface area contributed by atoms with Crippen molar-refractivity contribution in [2.45, 2.75) is 38.7 Å². The number of sulfonamides is 1. The molecule has 1 aliphatic heterocycles. The summed E-state index contributed by atoms with van der Waals surface area (Å²) in [6.45, 7) is 5.16. The zero-order valence-electron chi connectivity index (χ0n) is 11.6. The van der Waals surface area contributed by atoms with Crippen molar-refractivity contribution in [3.8, 4) is 0 Å². The summed E-state index contributed by atoms with van der Waals surface area (Å²) >= 11 is 0. The third-order valence-electron chi connectivity index (χ3n) is 3.37. The van der Waals surface area contributed by atoms with E-state index < -0.39 is 15.6 Å². The Morgan fingerprint density at radius 3 is 2.39 bits per heavy atom. The van der Waals surface area contributed by atoms with E-state index in [4.69, 9.17) is 4.74 Å². The van der Waals surface area contributed by atoms with Crippen LogP contribution in [0.1, 0.15) is 33.1 Å². The summed E-state index contributed by atoms with van der Waals surface area (Å²) in [6, 6.07) is 0. The molecule has 6 heteroatoms. The van der Waals surface area contributed by atoms with Crippen molar-refractivity contribution in [1.82, 2.24) is 4.31 Å². The van der Waals surface area contributed by atoms with E-state index in [9.17, 15) is 13.5 Å². The predicted octanol–water partition coefficient (Wildman–Crippen LogP) is 0.836. The van der Waals surface area contributed by atoms with Crippen LogP contribution in [0.15, 0.2) is 0 Å². The molecule has 1 aliphatic rings. The normalized spacial score (nSPS) is 20.6. The molecule has 0 saturated carbocycles. The molecule has 0 aromatic heterocycles. The van der Waals surface area contributed by atoms with Gasteiger partial charge in [0.1, 0.15) is 0 Å². The van der Waals surface area contributed by atoms with E-state index in [1.165, 1.54) is 4.31 Å². The summed E-state index contributed by atoms with van der Waals surface area (Å²) in [5.74, 6) is 0.507. The largest absolute Gasteiger partial charge is 0.388 e. The van der Waals surface area contributed by atoms with Crippen LogP contribution in [0, 0.1) is 5.92 Å². The molecule has 0 unspecified atom stereocenters. The fourth-order valence-corrected chi connectivity index (χ4v) is 3.48. The quantitative estimate of drug-likeness (QED) is 0.782. The van der Waals surface area contributed by atoms with Crippen LogP contribution in [0.2, 0.25) is 0 Å². The minimum Gasteiger partial charge on any atom is -0.388 e. The van der Waals surface area contributed by atoms with E-state index in [1.807, 2.05) is 13.8 Å². The minimum atomic E-state index is -3.26. The van der Waals surface area contributed by atoms with Crippen LogP contribution in [0.25, 0.3) is 0 Å². The highest BCUT2D eigenvalue weighted by atomic mass is 32.2. The van der Waals surface area contributed by atoms with Crippen molar-refractivity contribution in [2.24, 2.45) is 5.92 Å². The average Bonchev–Trinajstić information content (AvgIpc) is 2.27. The molecule has 18 heavy (non-hydrogen) atoms. The summed E-state index contributed by atoms with van der Waals surface area (Å²) in [6.07, 6.45) is 1.64. The lowest BCUT2D eigenvalue weighted by molar-refractivity contribution is -0.0689. The van der Waals surface area contributed by atoms with Crippen LogP contribution in [-0.4, -0.2) is 56.0 Å². The molecule has 0 aliphatic carbocycles. The second-order valence-electron chi connectivity index (χ2n) is 5.59. The summed E-state index contributed by atoms with van der Waals surface area (Å²) in [5.41, 5.74) is -0.933. The first kappa shape index (κ1) is 15.9. The van der Waals surface area contributed by atoms with E-state index in [2.05, 4.69) is 0 Å². The van der Waals surface area contributed by atoms with Gasteiger partial charge in [-0.25, -0.2) is 12.7 Å². The Labute approximate surface area is 110 Å². The van der Waals surface area contributed by atoms with Gasteiger partial charge in [-0.1, -0.05) is 13.8 Å². The molecule has 0 radical (unpaired) electrons. The maximum absolute atomic E-state index is 12.0. The van der Waals surface area contributed by atoms with E-state index in [0.29, 0.717) is 38.4 Å². The number of nitrogens with zero attached hydrogens (tertiary/aromatic N) is 1. The Hall–Kier alpha value is -0.170. The van der Waals surface area contributed by atoms with E-state index in [1.54, 1.807) is 7.05 Å². The lowest BCUT2D eigenvalue weighted by atomic mass is 9.95. The summed E-state index contributed by atoms with van der Waals surface area (Å²) in [5, 5.41) is 10.3. The zero-order valence-corrected chi connectivity index (χ0v) is 12.4. The standard InChI is InChI=1S/C12H25NO4S/c1-11(2)4-9-18(15,16)13(3)10-12(14)5-7-17-8-6-12/h11,14H,4-10H2,1-3H3. The van der Waals surface area contributed by atoms with Gasteiger partial charge in [-0.05, 0) is 12.3 Å². The Kier molecular flexibility index (Phi) is 5.58. The SMILES string of the molecule is CC(C)CCS(=O)(=O)N(C)CC1(O)CCOCC1. The van der Waals surface area contributed by atoms with Gasteiger partial charge in [0.05, 0.1) is 11.4 Å². The van der Waals surface area contributed by atoms with Gasteiger partial charge in [-0.3, -0.25) is 0 Å². The van der Waals surface area contributed by atoms with E-state index >= 15 is 0 Å². The molecule has 108 valence electrons. The van der Waals surface area contributed by atoms with Crippen LogP contribution in [0.3, 0.4) is 0 Å². The lowest BCUT2D eigenvalue weighted by Gasteiger charge is -2.35. The highest BCUT2D eigenvalue weighted by Gasteiger charge is 2.34. The summed E-state index contributed by atoms with van der Waals surface area (Å²) in [4.78, 5) is 0. The number of hydrogen-bond donors (Lipinski definition) is 1. The van der Waals surface area contributed by atoms with Crippen LogP contribution in [0.4, 0.5) is 0 Å². The maximum Gasteiger partial charge on any atom is 0.213 e. The molecule has 1 N–H and O–H groups in total. The smallest absolute Gasteiger partial charge is 0.213 e. The molecule has 5 nitrogen and oxygen atoms in total. The molecule has 0 atom stereocenters. The zero-order chi connectivity index (χ0) is 13.8. The van der Waals surface area contributed by atoms with Crippen LogP contribution >= 0.6 is 0 Å². The van der Waals surface area contributed by atoms with Gasteiger partial charge in [-0.2, -0.15) is 0 Å². The fourth-order valence-electron chi connectivity index (χ4n) is 1.96. The number of likely N-dealkylation sites (N-methyl/N-ethyl adjacent to an activating group) is 1.